The smallest absolute Gasteiger partial charge is 0.225 e. The van der Waals surface area contributed by atoms with Crippen molar-refractivity contribution in [1.82, 2.24) is 15.1 Å². The number of likely N-dealkylation sites (N-methyl/N-ethyl adjacent to an activating group) is 1. The summed E-state index contributed by atoms with van der Waals surface area (Å²) in [5.74, 6) is 1.26. The lowest BCUT2D eigenvalue weighted by atomic mass is 9.96. The quantitative estimate of drug-likeness (QED) is 0.860. The molecule has 3 rings (SSSR count). The highest BCUT2D eigenvalue weighted by Gasteiger charge is 2.36. The van der Waals surface area contributed by atoms with Crippen LogP contribution in [0.25, 0.3) is 0 Å². The maximum atomic E-state index is 12.6. The molecule has 132 valence electrons. The van der Waals surface area contributed by atoms with Crippen molar-refractivity contribution in [1.29, 1.82) is 0 Å². The van der Waals surface area contributed by atoms with E-state index in [0.717, 1.165) is 38.0 Å². The number of piperidine rings is 1. The molecular formula is C18H27N3O3. The summed E-state index contributed by atoms with van der Waals surface area (Å²) in [6, 6.07) is 3.79. The van der Waals surface area contributed by atoms with Gasteiger partial charge in [0.2, 0.25) is 11.8 Å². The zero-order valence-corrected chi connectivity index (χ0v) is 14.5. The summed E-state index contributed by atoms with van der Waals surface area (Å²) in [5.41, 5.74) is 0. The molecular weight excluding hydrogens is 306 g/mol. The Labute approximate surface area is 143 Å². The average molecular weight is 333 g/mol. The van der Waals surface area contributed by atoms with Gasteiger partial charge in [-0.1, -0.05) is 0 Å². The molecule has 2 amide bonds. The van der Waals surface area contributed by atoms with Gasteiger partial charge in [0.1, 0.15) is 5.76 Å². The summed E-state index contributed by atoms with van der Waals surface area (Å²) in [6.45, 7) is 1.87. The molecule has 2 fully saturated rings. The number of carbonyl (C=O) groups is 2. The van der Waals surface area contributed by atoms with E-state index >= 15 is 0 Å². The van der Waals surface area contributed by atoms with Crippen molar-refractivity contribution >= 4 is 11.8 Å². The molecule has 1 aromatic heterocycles. The minimum Gasteiger partial charge on any atom is -0.468 e. The van der Waals surface area contributed by atoms with Crippen LogP contribution in [-0.2, 0) is 9.59 Å². The van der Waals surface area contributed by atoms with Crippen LogP contribution in [0.4, 0.5) is 0 Å². The Morgan fingerprint density at radius 1 is 1.33 bits per heavy atom. The molecule has 1 aliphatic heterocycles. The number of hydrogen-bond acceptors (Lipinski definition) is 4. The predicted octanol–water partition coefficient (Wildman–Crippen LogP) is 1.65. The molecule has 1 aliphatic carbocycles. The van der Waals surface area contributed by atoms with Crippen LogP contribution in [-0.4, -0.2) is 55.3 Å². The number of nitrogens with zero attached hydrogens (tertiary/aromatic N) is 2. The van der Waals surface area contributed by atoms with Gasteiger partial charge in [-0.3, -0.25) is 14.5 Å². The van der Waals surface area contributed by atoms with Crippen LogP contribution < -0.4 is 5.32 Å². The van der Waals surface area contributed by atoms with Crippen LogP contribution in [0.15, 0.2) is 22.8 Å². The predicted molar refractivity (Wildman–Crippen MR) is 90.2 cm³/mol. The SMILES string of the molecule is CN(C)[C@@H](CNC(=O)[C@H]1CCCN(C(=O)C2CC2)C1)c1ccco1. The largest absolute Gasteiger partial charge is 0.468 e. The van der Waals surface area contributed by atoms with Crippen molar-refractivity contribution in [2.75, 3.05) is 33.7 Å². The van der Waals surface area contributed by atoms with E-state index < -0.39 is 0 Å². The van der Waals surface area contributed by atoms with Crippen LogP contribution in [0.2, 0.25) is 0 Å². The zero-order chi connectivity index (χ0) is 17.1. The highest BCUT2D eigenvalue weighted by atomic mass is 16.3. The summed E-state index contributed by atoms with van der Waals surface area (Å²) in [5, 5.41) is 3.05. The number of amides is 2. The van der Waals surface area contributed by atoms with E-state index in [1.165, 1.54) is 0 Å². The Morgan fingerprint density at radius 3 is 2.75 bits per heavy atom. The van der Waals surface area contributed by atoms with E-state index in [1.54, 1.807) is 6.26 Å². The fourth-order valence-corrected chi connectivity index (χ4v) is 3.34. The zero-order valence-electron chi connectivity index (χ0n) is 14.5. The molecule has 1 saturated heterocycles. The van der Waals surface area contributed by atoms with Crippen LogP contribution >= 0.6 is 0 Å². The second-order valence-electron chi connectivity index (χ2n) is 7.14. The van der Waals surface area contributed by atoms with E-state index in [4.69, 9.17) is 4.42 Å². The van der Waals surface area contributed by atoms with Crippen molar-refractivity contribution in [2.45, 2.75) is 31.7 Å². The van der Waals surface area contributed by atoms with E-state index in [1.807, 2.05) is 36.0 Å². The average Bonchev–Trinajstić information content (AvgIpc) is 3.30. The van der Waals surface area contributed by atoms with Crippen LogP contribution in [0.5, 0.6) is 0 Å². The Hall–Kier alpha value is -1.82. The summed E-state index contributed by atoms with van der Waals surface area (Å²) >= 11 is 0. The molecule has 6 nitrogen and oxygen atoms in total. The molecule has 2 heterocycles. The van der Waals surface area contributed by atoms with Crippen molar-refractivity contribution in [3.8, 4) is 0 Å². The highest BCUT2D eigenvalue weighted by Crippen LogP contribution is 2.32. The summed E-state index contributed by atoms with van der Waals surface area (Å²) in [4.78, 5) is 28.7. The molecule has 0 radical (unpaired) electrons. The fraction of sp³-hybridized carbons (Fsp3) is 0.667. The maximum absolute atomic E-state index is 12.6. The Morgan fingerprint density at radius 2 is 2.12 bits per heavy atom. The topological polar surface area (TPSA) is 65.8 Å². The number of likely N-dealkylation sites (tertiary alicyclic amines) is 1. The molecule has 24 heavy (non-hydrogen) atoms. The molecule has 0 bridgehead atoms. The van der Waals surface area contributed by atoms with Gasteiger partial charge >= 0.3 is 0 Å². The van der Waals surface area contributed by atoms with Crippen molar-refractivity contribution in [3.05, 3.63) is 24.2 Å². The standard InChI is InChI=1S/C18H27N3O3/c1-20(2)15(16-6-4-10-24-16)11-19-17(22)14-5-3-9-21(12-14)18(23)13-7-8-13/h4,6,10,13-15H,3,5,7-9,11-12H2,1-2H3,(H,19,22)/t14-,15-/m0/s1. The van der Waals surface area contributed by atoms with Gasteiger partial charge in [-0.25, -0.2) is 0 Å². The third-order valence-electron chi connectivity index (χ3n) is 5.00. The van der Waals surface area contributed by atoms with Gasteiger partial charge in [-0.05, 0) is 51.9 Å². The minimum atomic E-state index is -0.0964. The molecule has 2 aliphatic rings. The van der Waals surface area contributed by atoms with Crippen molar-refractivity contribution in [3.63, 3.8) is 0 Å². The van der Waals surface area contributed by atoms with Crippen LogP contribution in [0, 0.1) is 11.8 Å². The Kier molecular flexibility index (Phi) is 5.23. The molecule has 1 aromatic rings. The second kappa shape index (κ2) is 7.38. The molecule has 0 spiro atoms. The first-order valence-corrected chi connectivity index (χ1v) is 8.82. The molecule has 0 unspecified atom stereocenters. The van der Waals surface area contributed by atoms with Gasteiger partial charge in [0, 0.05) is 25.6 Å². The van der Waals surface area contributed by atoms with Crippen LogP contribution in [0.1, 0.15) is 37.5 Å². The maximum Gasteiger partial charge on any atom is 0.225 e. The minimum absolute atomic E-state index is 0.0109. The first kappa shape index (κ1) is 17.0. The molecule has 0 aromatic carbocycles. The van der Waals surface area contributed by atoms with E-state index in [0.29, 0.717) is 13.1 Å². The van der Waals surface area contributed by atoms with E-state index in [9.17, 15) is 9.59 Å². The number of hydrogen-bond donors (Lipinski definition) is 1. The van der Waals surface area contributed by atoms with Crippen molar-refractivity contribution < 1.29 is 14.0 Å². The highest BCUT2D eigenvalue weighted by molar-refractivity contribution is 5.83. The van der Waals surface area contributed by atoms with Gasteiger partial charge in [-0.15, -0.1) is 0 Å². The van der Waals surface area contributed by atoms with E-state index in [-0.39, 0.29) is 29.7 Å². The number of furan rings is 1. The third kappa shape index (κ3) is 3.98. The lowest BCUT2D eigenvalue weighted by molar-refractivity contribution is -0.136. The van der Waals surface area contributed by atoms with Gasteiger partial charge in [-0.2, -0.15) is 0 Å². The molecule has 2 atom stereocenters. The Balaban J connectivity index is 1.53. The van der Waals surface area contributed by atoms with Crippen molar-refractivity contribution in [2.24, 2.45) is 11.8 Å². The summed E-state index contributed by atoms with van der Waals surface area (Å²) < 4.78 is 5.47. The molecule has 6 heteroatoms. The lowest BCUT2D eigenvalue weighted by Crippen LogP contribution is -2.47. The van der Waals surface area contributed by atoms with Gasteiger partial charge in [0.05, 0.1) is 18.2 Å². The third-order valence-corrected chi connectivity index (χ3v) is 5.00. The second-order valence-corrected chi connectivity index (χ2v) is 7.14. The van der Waals surface area contributed by atoms with Gasteiger partial charge < -0.3 is 14.6 Å². The van der Waals surface area contributed by atoms with E-state index in [2.05, 4.69) is 5.32 Å². The van der Waals surface area contributed by atoms with Gasteiger partial charge in [0.15, 0.2) is 0 Å². The normalized spacial score (nSPS) is 22.5. The lowest BCUT2D eigenvalue weighted by Gasteiger charge is -2.32. The monoisotopic (exact) mass is 333 g/mol. The van der Waals surface area contributed by atoms with Crippen LogP contribution in [0.3, 0.4) is 0 Å². The summed E-state index contributed by atoms with van der Waals surface area (Å²) in [6.07, 6.45) is 5.44. The van der Waals surface area contributed by atoms with Gasteiger partial charge in [0.25, 0.3) is 0 Å². The Bertz CT molecular complexity index is 566. The number of nitrogens with one attached hydrogen (secondary N) is 1. The number of carbonyl (C=O) groups excluding carboxylic acids is 2. The number of rotatable bonds is 6. The first-order chi connectivity index (χ1) is 11.6. The molecule has 1 N–H and O–H groups in total. The summed E-state index contributed by atoms with van der Waals surface area (Å²) in [7, 11) is 3.94. The first-order valence-electron chi connectivity index (χ1n) is 8.82. The fourth-order valence-electron chi connectivity index (χ4n) is 3.34. The molecule has 1 saturated carbocycles.